The molecule has 2 amide bonds. The molecule has 0 aromatic rings. The van der Waals surface area contributed by atoms with Crippen LogP contribution >= 0.6 is 0 Å². The Bertz CT molecular complexity index is 1420. The van der Waals surface area contributed by atoms with Gasteiger partial charge in [0, 0.05) is 13.8 Å². The summed E-state index contributed by atoms with van der Waals surface area (Å²) in [6.07, 6.45) is -41.7. The minimum atomic E-state index is -2.15. The number of carbonyl (C=O) groups excluding carboxylic acids is 2. The Kier molecular flexibility index (Phi) is 17.5. The van der Waals surface area contributed by atoms with E-state index >= 15 is 0 Å². The minimum Gasteiger partial charge on any atom is -0.394 e. The van der Waals surface area contributed by atoms with Crippen LogP contribution in [0.25, 0.3) is 0 Å². The summed E-state index contributed by atoms with van der Waals surface area (Å²) in [5.74, 6) is -1.56. The van der Waals surface area contributed by atoms with Gasteiger partial charge in [-0.1, -0.05) is 0 Å². The zero-order chi connectivity index (χ0) is 45.2. The van der Waals surface area contributed by atoms with E-state index < -0.39 is 192 Å². The van der Waals surface area contributed by atoms with E-state index in [1.807, 2.05) is 0 Å². The molecule has 0 aromatic heterocycles. The highest BCUT2D eigenvalue weighted by molar-refractivity contribution is 5.73. The monoisotopic (exact) mass is 894 g/mol. The topological polar surface area (TPSA) is 424 Å². The Morgan fingerprint density at radius 3 is 1.39 bits per heavy atom. The molecule has 5 aliphatic rings. The summed E-state index contributed by atoms with van der Waals surface area (Å²) in [7, 11) is 0. The summed E-state index contributed by atoms with van der Waals surface area (Å²) in [5.41, 5.74) is 0. The second-order valence-electron chi connectivity index (χ2n) is 15.4. The minimum absolute atomic E-state index is 0.723. The molecule has 0 radical (unpaired) electrons. The molecule has 0 unspecified atom stereocenters. The predicted octanol–water partition coefficient (Wildman–Crippen LogP) is -10.6. The number of amides is 2. The molecule has 61 heavy (non-hydrogen) atoms. The fourth-order valence-electron chi connectivity index (χ4n) is 7.77. The molecule has 27 nitrogen and oxygen atoms in total. The molecule has 0 saturated carbocycles. The standard InChI is InChI=1S/C34H58N2O25/c1-8-17(43)21(47)23(49)32(53-8)60-28-16(36-10(3)42)31(57-14(7-40)26(28)58-33-24(50)22(48)18(44)11(4-37)55-33)61-29-20(46)13(6-39)56-34(25(29)51)59-27-15(35-9(2)41)30(52)54-12(5-38)19(27)45/h8,11-34,37-40,43-52H,4-7H2,1-3H3,(H,35,41)(H,36,42)/t8-,11+,12+,13+,14+,15+,16+,17+,18-,19-,20-,21+,22-,23-,24+,25+,26+,27+,28+,29-,30-,31-,32-,33-,34-/m0/s1. The van der Waals surface area contributed by atoms with E-state index in [0.717, 1.165) is 13.8 Å². The molecule has 16 N–H and O–H groups in total. The second kappa shape index (κ2) is 21.3. The van der Waals surface area contributed by atoms with Gasteiger partial charge in [-0.05, 0) is 6.92 Å². The number of ether oxygens (including phenoxy) is 9. The van der Waals surface area contributed by atoms with Crippen LogP contribution in [0.1, 0.15) is 20.8 Å². The zero-order valence-electron chi connectivity index (χ0n) is 33.0. The molecule has 5 heterocycles. The van der Waals surface area contributed by atoms with Gasteiger partial charge in [-0.3, -0.25) is 9.59 Å². The first-order valence-corrected chi connectivity index (χ1v) is 19.5. The summed E-state index contributed by atoms with van der Waals surface area (Å²) in [6, 6.07) is -3.29. The van der Waals surface area contributed by atoms with Gasteiger partial charge in [0.2, 0.25) is 11.8 Å². The van der Waals surface area contributed by atoms with Gasteiger partial charge in [0.1, 0.15) is 116 Å². The average Bonchev–Trinajstić information content (AvgIpc) is 3.22. The molecule has 0 bridgehead atoms. The van der Waals surface area contributed by atoms with Crippen LogP contribution in [0.2, 0.25) is 0 Å². The van der Waals surface area contributed by atoms with Gasteiger partial charge in [0.05, 0.1) is 32.5 Å². The van der Waals surface area contributed by atoms with Gasteiger partial charge in [-0.25, -0.2) is 0 Å². The van der Waals surface area contributed by atoms with E-state index in [2.05, 4.69) is 10.6 Å². The summed E-state index contributed by atoms with van der Waals surface area (Å²) in [5, 5.41) is 153. The van der Waals surface area contributed by atoms with Gasteiger partial charge in [0.15, 0.2) is 31.5 Å². The van der Waals surface area contributed by atoms with Crippen molar-refractivity contribution in [1.29, 1.82) is 0 Å². The molecular weight excluding hydrogens is 836 g/mol. The summed E-state index contributed by atoms with van der Waals surface area (Å²) in [4.78, 5) is 24.8. The van der Waals surface area contributed by atoms with Crippen molar-refractivity contribution in [1.82, 2.24) is 10.6 Å². The molecule has 354 valence electrons. The fourth-order valence-corrected chi connectivity index (χ4v) is 7.77. The molecule has 25 atom stereocenters. The number of hydrogen-bond donors (Lipinski definition) is 16. The van der Waals surface area contributed by atoms with E-state index in [9.17, 15) is 81.1 Å². The molecule has 5 rings (SSSR count). The van der Waals surface area contributed by atoms with E-state index in [1.54, 1.807) is 0 Å². The van der Waals surface area contributed by atoms with E-state index in [-0.39, 0.29) is 0 Å². The van der Waals surface area contributed by atoms with E-state index in [4.69, 9.17) is 42.6 Å². The van der Waals surface area contributed by atoms with Crippen molar-refractivity contribution >= 4 is 11.8 Å². The van der Waals surface area contributed by atoms with Crippen LogP contribution in [-0.2, 0) is 52.2 Å². The highest BCUT2D eigenvalue weighted by Crippen LogP contribution is 2.37. The van der Waals surface area contributed by atoms with Crippen molar-refractivity contribution in [2.45, 2.75) is 174 Å². The van der Waals surface area contributed by atoms with Crippen LogP contribution in [0, 0.1) is 0 Å². The van der Waals surface area contributed by atoms with Gasteiger partial charge >= 0.3 is 0 Å². The summed E-state index contributed by atoms with van der Waals surface area (Å²) < 4.78 is 51.9. The number of aliphatic hydroxyl groups excluding tert-OH is 14. The van der Waals surface area contributed by atoms with Crippen molar-refractivity contribution in [2.75, 3.05) is 26.4 Å². The van der Waals surface area contributed by atoms with Crippen LogP contribution < -0.4 is 10.6 Å². The maximum atomic E-state index is 12.8. The van der Waals surface area contributed by atoms with Crippen LogP contribution in [0.15, 0.2) is 0 Å². The third-order valence-electron chi connectivity index (χ3n) is 11.1. The molecule has 0 aromatic carbocycles. The van der Waals surface area contributed by atoms with Crippen molar-refractivity contribution in [3.63, 3.8) is 0 Å². The second-order valence-corrected chi connectivity index (χ2v) is 15.4. The average molecular weight is 895 g/mol. The smallest absolute Gasteiger partial charge is 0.217 e. The van der Waals surface area contributed by atoms with Crippen LogP contribution in [0.5, 0.6) is 0 Å². The lowest BCUT2D eigenvalue weighted by atomic mass is 9.93. The van der Waals surface area contributed by atoms with E-state index in [1.165, 1.54) is 6.92 Å². The number of rotatable bonds is 14. The first-order valence-electron chi connectivity index (χ1n) is 19.5. The molecule has 27 heteroatoms. The quantitative estimate of drug-likeness (QED) is 0.0770. The lowest BCUT2D eigenvalue weighted by molar-refractivity contribution is -0.389. The Labute approximate surface area is 346 Å². The van der Waals surface area contributed by atoms with Crippen molar-refractivity contribution in [3.8, 4) is 0 Å². The fraction of sp³-hybridized carbons (Fsp3) is 0.941. The lowest BCUT2D eigenvalue weighted by Gasteiger charge is -2.51. The Morgan fingerprint density at radius 1 is 0.426 bits per heavy atom. The SMILES string of the molecule is CC(=O)N[C@@H]1[C@@H](O[C@@H]2O[C@H](CO)[C@H](O)[C@H](O[C@@H]3O[C@H](CO)[C@@H](O[C@@H]4O[C@H](CO)[C@H](O)[C@H](O)[C@H]4O)[C@H](O[C@@H]4O[C@@H](C)[C@@H](O)[C@@H](O)[C@@H]4O)[C@H]3NC(C)=O)[C@H]2O)[C@@H](O)[C@@H](CO)O[C@@H]1O. The summed E-state index contributed by atoms with van der Waals surface area (Å²) >= 11 is 0. The first-order chi connectivity index (χ1) is 28.8. The third-order valence-corrected chi connectivity index (χ3v) is 11.1. The van der Waals surface area contributed by atoms with Crippen LogP contribution in [0.4, 0.5) is 0 Å². The number of aliphatic hydroxyl groups is 14. The molecule has 5 fully saturated rings. The molecule has 0 aliphatic carbocycles. The highest BCUT2D eigenvalue weighted by atomic mass is 16.8. The Morgan fingerprint density at radius 2 is 0.836 bits per heavy atom. The first kappa shape index (κ1) is 50.0. The number of carbonyl (C=O) groups is 2. The third kappa shape index (κ3) is 10.8. The maximum Gasteiger partial charge on any atom is 0.217 e. The molecule has 5 saturated heterocycles. The van der Waals surface area contributed by atoms with Gasteiger partial charge in [0.25, 0.3) is 0 Å². The van der Waals surface area contributed by atoms with Gasteiger partial charge in [-0.15, -0.1) is 0 Å². The number of nitrogens with one attached hydrogen (secondary N) is 2. The molecule has 5 aliphatic heterocycles. The van der Waals surface area contributed by atoms with Crippen molar-refractivity contribution in [3.05, 3.63) is 0 Å². The molecular formula is C34H58N2O25. The van der Waals surface area contributed by atoms with Gasteiger partial charge < -0.3 is 125 Å². The van der Waals surface area contributed by atoms with Crippen molar-refractivity contribution < 1.29 is 124 Å². The lowest BCUT2D eigenvalue weighted by Crippen LogP contribution is -2.71. The largest absolute Gasteiger partial charge is 0.394 e. The number of hydrogen-bond acceptors (Lipinski definition) is 25. The van der Waals surface area contributed by atoms with Crippen LogP contribution in [0.3, 0.4) is 0 Å². The van der Waals surface area contributed by atoms with E-state index in [0.29, 0.717) is 0 Å². The van der Waals surface area contributed by atoms with Crippen LogP contribution in [-0.4, -0.2) is 263 Å². The summed E-state index contributed by atoms with van der Waals surface area (Å²) in [6.45, 7) is -0.293. The Hall–Kier alpha value is -1.98. The van der Waals surface area contributed by atoms with Gasteiger partial charge in [-0.2, -0.15) is 0 Å². The highest BCUT2D eigenvalue weighted by Gasteiger charge is 2.58. The van der Waals surface area contributed by atoms with Crippen molar-refractivity contribution in [2.24, 2.45) is 0 Å². The normalized spacial score (nSPS) is 49.6. The zero-order valence-corrected chi connectivity index (χ0v) is 33.0. The Balaban J connectivity index is 1.51. The molecule has 0 spiro atoms. The maximum absolute atomic E-state index is 12.8. The predicted molar refractivity (Wildman–Crippen MR) is 188 cm³/mol.